The summed E-state index contributed by atoms with van der Waals surface area (Å²) >= 11 is 1.76. The quantitative estimate of drug-likeness (QED) is 0.926. The van der Waals surface area contributed by atoms with Crippen LogP contribution in [0, 0.1) is 6.92 Å². The van der Waals surface area contributed by atoms with Crippen LogP contribution in [0.1, 0.15) is 47.8 Å². The zero-order valence-electron chi connectivity index (χ0n) is 13.1. The highest BCUT2D eigenvalue weighted by molar-refractivity contribution is 7.11. The van der Waals surface area contributed by atoms with Crippen LogP contribution in [0.3, 0.4) is 0 Å². The lowest BCUT2D eigenvalue weighted by molar-refractivity contribution is 0.138. The van der Waals surface area contributed by atoms with Crippen LogP contribution in [-0.4, -0.2) is 10.6 Å². The van der Waals surface area contributed by atoms with Crippen LogP contribution in [0.2, 0.25) is 0 Å². The van der Waals surface area contributed by atoms with Crippen LogP contribution in [0.15, 0.2) is 24.4 Å². The minimum Gasteiger partial charge on any atom is -0.487 e. The molecule has 0 saturated heterocycles. The predicted molar refractivity (Wildman–Crippen MR) is 87.0 cm³/mol. The highest BCUT2D eigenvalue weighted by Gasteiger charge is 2.29. The monoisotopic (exact) mass is 302 g/mol. The molecule has 0 saturated carbocycles. The first-order chi connectivity index (χ1) is 9.93. The molecule has 0 aliphatic carbocycles. The molecule has 1 aliphatic heterocycles. The third kappa shape index (κ3) is 3.27. The van der Waals surface area contributed by atoms with Gasteiger partial charge in [0.1, 0.15) is 16.4 Å². The highest BCUT2D eigenvalue weighted by Crippen LogP contribution is 2.35. The normalized spacial score (nSPS) is 17.3. The molecule has 1 aliphatic rings. The van der Waals surface area contributed by atoms with Gasteiger partial charge in [-0.25, -0.2) is 4.98 Å². The Morgan fingerprint density at radius 2 is 2.24 bits per heavy atom. The van der Waals surface area contributed by atoms with E-state index in [1.54, 1.807) is 11.3 Å². The Balaban J connectivity index is 1.64. The lowest BCUT2D eigenvalue weighted by atomic mass is 10.0. The molecule has 0 fully saturated rings. The molecule has 2 heterocycles. The van der Waals surface area contributed by atoms with Crippen molar-refractivity contribution in [3.63, 3.8) is 0 Å². The molecule has 1 aromatic heterocycles. The molecule has 1 N–H and O–H groups in total. The van der Waals surface area contributed by atoms with E-state index >= 15 is 0 Å². The van der Waals surface area contributed by atoms with Crippen molar-refractivity contribution in [2.24, 2.45) is 0 Å². The molecular weight excluding hydrogens is 280 g/mol. The smallest absolute Gasteiger partial charge is 0.123 e. The van der Waals surface area contributed by atoms with E-state index in [0.717, 1.165) is 23.7 Å². The number of nitrogens with zero attached hydrogens (tertiary/aromatic N) is 1. The van der Waals surface area contributed by atoms with Crippen molar-refractivity contribution in [2.45, 2.75) is 52.3 Å². The van der Waals surface area contributed by atoms with Crippen molar-refractivity contribution in [3.05, 3.63) is 45.4 Å². The van der Waals surface area contributed by atoms with Crippen molar-refractivity contribution in [3.8, 4) is 5.75 Å². The van der Waals surface area contributed by atoms with Gasteiger partial charge >= 0.3 is 0 Å². The second-order valence-corrected chi connectivity index (χ2v) is 7.66. The van der Waals surface area contributed by atoms with E-state index in [9.17, 15) is 0 Å². The van der Waals surface area contributed by atoms with E-state index in [2.05, 4.69) is 56.2 Å². The highest BCUT2D eigenvalue weighted by atomic mass is 32.1. The van der Waals surface area contributed by atoms with Crippen LogP contribution < -0.4 is 10.1 Å². The Labute approximate surface area is 130 Å². The molecule has 1 unspecified atom stereocenters. The number of aromatic nitrogens is 1. The van der Waals surface area contributed by atoms with E-state index in [1.807, 2.05) is 6.20 Å². The fourth-order valence-electron chi connectivity index (χ4n) is 2.70. The molecular formula is C17H22N2OS. The van der Waals surface area contributed by atoms with Gasteiger partial charge in [0.25, 0.3) is 0 Å². The Hall–Kier alpha value is -1.39. The number of aryl methyl sites for hydroxylation is 1. The molecule has 3 rings (SSSR count). The van der Waals surface area contributed by atoms with Gasteiger partial charge in [0.2, 0.25) is 0 Å². The van der Waals surface area contributed by atoms with E-state index in [1.165, 1.54) is 16.0 Å². The summed E-state index contributed by atoms with van der Waals surface area (Å²) in [5.41, 5.74) is 2.55. The van der Waals surface area contributed by atoms with Gasteiger partial charge in [-0.3, -0.25) is 0 Å². The van der Waals surface area contributed by atoms with Gasteiger partial charge in [-0.15, -0.1) is 11.3 Å². The standard InChI is InChI=1S/C17H22N2OS/c1-11-9-19-16(21-11)12(2)18-10-13-5-6-15-14(7-13)8-17(3,4)20-15/h5-7,9,12,18H,8,10H2,1-4H3. The SMILES string of the molecule is Cc1cnc(C(C)NCc2ccc3c(c2)CC(C)(C)O3)s1. The Bertz CT molecular complexity index is 648. The van der Waals surface area contributed by atoms with E-state index < -0.39 is 0 Å². The number of fused-ring (bicyclic) bond motifs is 1. The largest absolute Gasteiger partial charge is 0.487 e. The van der Waals surface area contributed by atoms with Gasteiger partial charge in [-0.2, -0.15) is 0 Å². The number of thiazole rings is 1. The summed E-state index contributed by atoms with van der Waals surface area (Å²) in [7, 11) is 0. The summed E-state index contributed by atoms with van der Waals surface area (Å²) in [6.45, 7) is 9.39. The predicted octanol–water partition coefficient (Wildman–Crippen LogP) is 4.02. The number of hydrogen-bond acceptors (Lipinski definition) is 4. The number of rotatable bonds is 4. The fraction of sp³-hybridized carbons (Fsp3) is 0.471. The van der Waals surface area contributed by atoms with Crippen molar-refractivity contribution >= 4 is 11.3 Å². The lowest BCUT2D eigenvalue weighted by Crippen LogP contribution is -2.24. The molecule has 1 aromatic carbocycles. The van der Waals surface area contributed by atoms with E-state index in [0.29, 0.717) is 0 Å². The first kappa shape index (κ1) is 14.5. The average molecular weight is 302 g/mol. The van der Waals surface area contributed by atoms with Gasteiger partial charge in [-0.1, -0.05) is 12.1 Å². The maximum atomic E-state index is 5.92. The summed E-state index contributed by atoms with van der Waals surface area (Å²) < 4.78 is 5.92. The van der Waals surface area contributed by atoms with Gasteiger partial charge < -0.3 is 10.1 Å². The summed E-state index contributed by atoms with van der Waals surface area (Å²) in [6.07, 6.45) is 2.92. The molecule has 0 spiro atoms. The van der Waals surface area contributed by atoms with Crippen molar-refractivity contribution in [2.75, 3.05) is 0 Å². The topological polar surface area (TPSA) is 34.2 Å². The van der Waals surface area contributed by atoms with Crippen molar-refractivity contribution < 1.29 is 4.74 Å². The second kappa shape index (κ2) is 5.43. The summed E-state index contributed by atoms with van der Waals surface area (Å²) in [5.74, 6) is 1.03. The molecule has 2 aromatic rings. The maximum absolute atomic E-state index is 5.92. The number of benzene rings is 1. The molecule has 0 radical (unpaired) electrons. The van der Waals surface area contributed by atoms with Crippen molar-refractivity contribution in [1.82, 2.24) is 10.3 Å². The van der Waals surface area contributed by atoms with Gasteiger partial charge in [0.15, 0.2) is 0 Å². The molecule has 0 amide bonds. The number of ether oxygens (including phenoxy) is 1. The minimum absolute atomic E-state index is 0.0694. The van der Waals surface area contributed by atoms with E-state index in [-0.39, 0.29) is 11.6 Å². The minimum atomic E-state index is -0.0694. The maximum Gasteiger partial charge on any atom is 0.123 e. The van der Waals surface area contributed by atoms with Gasteiger partial charge in [-0.05, 0) is 44.9 Å². The van der Waals surface area contributed by atoms with Crippen LogP contribution in [0.25, 0.3) is 0 Å². The molecule has 112 valence electrons. The van der Waals surface area contributed by atoms with E-state index in [4.69, 9.17) is 4.74 Å². The van der Waals surface area contributed by atoms with Crippen LogP contribution in [0.4, 0.5) is 0 Å². The van der Waals surface area contributed by atoms with Crippen molar-refractivity contribution in [1.29, 1.82) is 0 Å². The summed E-state index contributed by atoms with van der Waals surface area (Å²) in [6, 6.07) is 6.79. The van der Waals surface area contributed by atoms with Crippen LogP contribution >= 0.6 is 11.3 Å². The first-order valence-corrected chi connectivity index (χ1v) is 8.21. The summed E-state index contributed by atoms with van der Waals surface area (Å²) in [5, 5.41) is 4.70. The third-order valence-electron chi connectivity index (χ3n) is 3.75. The third-order valence-corrected chi connectivity index (χ3v) is 4.84. The zero-order valence-corrected chi connectivity index (χ0v) is 13.9. The molecule has 21 heavy (non-hydrogen) atoms. The lowest BCUT2D eigenvalue weighted by Gasteiger charge is -2.16. The first-order valence-electron chi connectivity index (χ1n) is 7.39. The van der Waals surface area contributed by atoms with Gasteiger partial charge in [0.05, 0.1) is 6.04 Å². The molecule has 4 heteroatoms. The molecule has 3 nitrogen and oxygen atoms in total. The second-order valence-electron chi connectivity index (χ2n) is 6.39. The molecule has 1 atom stereocenters. The van der Waals surface area contributed by atoms with Gasteiger partial charge in [0, 0.05) is 24.0 Å². The molecule has 0 bridgehead atoms. The Morgan fingerprint density at radius 3 is 2.95 bits per heavy atom. The average Bonchev–Trinajstić information content (AvgIpc) is 2.97. The van der Waals surface area contributed by atoms with Crippen LogP contribution in [0.5, 0.6) is 5.75 Å². The Morgan fingerprint density at radius 1 is 1.43 bits per heavy atom. The number of nitrogens with one attached hydrogen (secondary N) is 1. The Kier molecular flexibility index (Phi) is 3.76. The fourth-order valence-corrected chi connectivity index (χ4v) is 3.50. The summed E-state index contributed by atoms with van der Waals surface area (Å²) in [4.78, 5) is 5.70. The van der Waals surface area contributed by atoms with Crippen LogP contribution in [-0.2, 0) is 13.0 Å². The zero-order chi connectivity index (χ0) is 15.0. The number of hydrogen-bond donors (Lipinski definition) is 1.